The molecule has 1 heterocycles. The van der Waals surface area contributed by atoms with Gasteiger partial charge in [-0.2, -0.15) is 0 Å². The molecular weight excluding hydrogens is 422 g/mol. The van der Waals surface area contributed by atoms with Gasteiger partial charge in [0.2, 0.25) is 5.91 Å². The van der Waals surface area contributed by atoms with Gasteiger partial charge >= 0.3 is 0 Å². The van der Waals surface area contributed by atoms with Crippen molar-refractivity contribution in [3.8, 4) is 5.75 Å². The number of rotatable bonds is 7. The van der Waals surface area contributed by atoms with Crippen molar-refractivity contribution in [1.29, 1.82) is 0 Å². The van der Waals surface area contributed by atoms with E-state index in [2.05, 4.69) is 20.6 Å². The molecule has 2 amide bonds. The maximum absolute atomic E-state index is 12.5. The molecule has 9 nitrogen and oxygen atoms in total. The fraction of sp³-hybridized carbons (Fsp3) is 0.0833. The Labute approximate surface area is 189 Å². The number of methoxy groups -OCH3 is 1. The predicted molar refractivity (Wildman–Crippen MR) is 124 cm³/mol. The number of carbonyl (C=O) groups is 2. The molecule has 0 bridgehead atoms. The van der Waals surface area contributed by atoms with Crippen LogP contribution in [0.2, 0.25) is 0 Å². The van der Waals surface area contributed by atoms with Gasteiger partial charge in [0.1, 0.15) is 17.9 Å². The number of carbonyl (C=O) groups excluding carboxylic acids is 2. The van der Waals surface area contributed by atoms with E-state index in [0.29, 0.717) is 17.1 Å². The van der Waals surface area contributed by atoms with Gasteiger partial charge in [-0.15, -0.1) is 0 Å². The molecule has 0 saturated carbocycles. The first-order valence-corrected chi connectivity index (χ1v) is 10.0. The SMILES string of the molecule is COc1ccc(Nc2ncnc3ccc(NC(=O)Cc4ccc(C(=O)NO)cc4)cc23)cc1. The first-order valence-electron chi connectivity index (χ1n) is 10.0. The van der Waals surface area contributed by atoms with Gasteiger partial charge in [-0.25, -0.2) is 15.4 Å². The van der Waals surface area contributed by atoms with Gasteiger partial charge in [-0.05, 0) is 60.2 Å². The first-order chi connectivity index (χ1) is 16.1. The number of nitrogens with one attached hydrogen (secondary N) is 3. The number of fused-ring (bicyclic) bond motifs is 1. The third-order valence-electron chi connectivity index (χ3n) is 4.95. The summed E-state index contributed by atoms with van der Waals surface area (Å²) < 4.78 is 5.18. The lowest BCUT2D eigenvalue weighted by Crippen LogP contribution is -2.18. The summed E-state index contributed by atoms with van der Waals surface area (Å²) in [5.41, 5.74) is 4.78. The highest BCUT2D eigenvalue weighted by atomic mass is 16.5. The maximum Gasteiger partial charge on any atom is 0.274 e. The monoisotopic (exact) mass is 443 g/mol. The van der Waals surface area contributed by atoms with Crippen molar-refractivity contribution in [3.63, 3.8) is 0 Å². The third-order valence-corrected chi connectivity index (χ3v) is 4.95. The Morgan fingerprint density at radius 3 is 2.36 bits per heavy atom. The Kier molecular flexibility index (Phi) is 6.42. The van der Waals surface area contributed by atoms with Crippen LogP contribution in [0.3, 0.4) is 0 Å². The van der Waals surface area contributed by atoms with Crippen LogP contribution in [0.5, 0.6) is 5.75 Å². The predicted octanol–water partition coefficient (Wildman–Crippen LogP) is 3.68. The quantitative estimate of drug-likeness (QED) is 0.254. The summed E-state index contributed by atoms with van der Waals surface area (Å²) in [6.45, 7) is 0. The zero-order valence-electron chi connectivity index (χ0n) is 17.7. The van der Waals surface area contributed by atoms with E-state index in [4.69, 9.17) is 9.94 Å². The zero-order chi connectivity index (χ0) is 23.2. The molecule has 0 unspecified atom stereocenters. The summed E-state index contributed by atoms with van der Waals surface area (Å²) in [4.78, 5) is 32.6. The largest absolute Gasteiger partial charge is 0.497 e. The molecule has 0 spiro atoms. The van der Waals surface area contributed by atoms with Gasteiger partial charge in [-0.1, -0.05) is 12.1 Å². The fourth-order valence-electron chi connectivity index (χ4n) is 3.27. The number of hydrogen-bond donors (Lipinski definition) is 4. The molecule has 0 fully saturated rings. The van der Waals surface area contributed by atoms with Crippen molar-refractivity contribution < 1.29 is 19.5 Å². The number of aromatic nitrogens is 2. The van der Waals surface area contributed by atoms with Gasteiger partial charge < -0.3 is 15.4 Å². The van der Waals surface area contributed by atoms with Crippen LogP contribution in [-0.2, 0) is 11.2 Å². The molecule has 4 N–H and O–H groups in total. The molecule has 0 aliphatic heterocycles. The standard InChI is InChI=1S/C24H21N5O4/c1-33-19-9-6-17(7-10-19)28-23-20-13-18(8-11-21(20)25-14-26-23)27-22(30)12-15-2-4-16(5-3-15)24(31)29-32/h2-11,13-14,32H,12H2,1H3,(H,27,30)(H,29,31)(H,25,26,28). The van der Waals surface area contributed by atoms with Crippen molar-refractivity contribution in [2.45, 2.75) is 6.42 Å². The Bertz CT molecular complexity index is 1290. The summed E-state index contributed by atoms with van der Waals surface area (Å²) in [7, 11) is 1.61. The topological polar surface area (TPSA) is 125 Å². The Morgan fingerprint density at radius 2 is 1.67 bits per heavy atom. The molecule has 0 aliphatic rings. The summed E-state index contributed by atoms with van der Waals surface area (Å²) >= 11 is 0. The van der Waals surface area contributed by atoms with Crippen LogP contribution in [0.15, 0.2) is 73.1 Å². The normalized spacial score (nSPS) is 10.5. The minimum atomic E-state index is -0.608. The Hall–Kier alpha value is -4.50. The molecule has 0 radical (unpaired) electrons. The van der Waals surface area contributed by atoms with Crippen molar-refractivity contribution in [2.75, 3.05) is 17.7 Å². The van der Waals surface area contributed by atoms with Crippen molar-refractivity contribution in [2.24, 2.45) is 0 Å². The van der Waals surface area contributed by atoms with Gasteiger partial charge in [-0.3, -0.25) is 14.8 Å². The first kappa shape index (κ1) is 21.7. The Balaban J connectivity index is 1.49. The summed E-state index contributed by atoms with van der Waals surface area (Å²) in [5.74, 6) is 0.544. The minimum Gasteiger partial charge on any atom is -0.497 e. The molecule has 0 atom stereocenters. The van der Waals surface area contributed by atoms with Crippen LogP contribution >= 0.6 is 0 Å². The second kappa shape index (κ2) is 9.75. The number of anilines is 3. The van der Waals surface area contributed by atoms with Crippen LogP contribution in [0.25, 0.3) is 10.9 Å². The van der Waals surface area contributed by atoms with Crippen LogP contribution in [0, 0.1) is 0 Å². The molecule has 0 saturated heterocycles. The molecule has 1 aromatic heterocycles. The van der Waals surface area contributed by atoms with Crippen molar-refractivity contribution in [1.82, 2.24) is 15.4 Å². The average molecular weight is 443 g/mol. The average Bonchev–Trinajstić information content (AvgIpc) is 2.85. The Morgan fingerprint density at radius 1 is 0.939 bits per heavy atom. The molecule has 33 heavy (non-hydrogen) atoms. The van der Waals surface area contributed by atoms with E-state index in [1.165, 1.54) is 6.33 Å². The van der Waals surface area contributed by atoms with Gasteiger partial charge in [0.25, 0.3) is 5.91 Å². The van der Waals surface area contributed by atoms with Crippen LogP contribution in [-0.4, -0.2) is 34.1 Å². The van der Waals surface area contributed by atoms with Crippen LogP contribution in [0.4, 0.5) is 17.2 Å². The number of ether oxygens (including phenoxy) is 1. The molecular formula is C24H21N5O4. The second-order valence-corrected chi connectivity index (χ2v) is 7.17. The lowest BCUT2D eigenvalue weighted by atomic mass is 10.1. The maximum atomic E-state index is 12.5. The summed E-state index contributed by atoms with van der Waals surface area (Å²) in [6, 6.07) is 19.3. The van der Waals surface area contributed by atoms with Crippen LogP contribution in [0.1, 0.15) is 15.9 Å². The van der Waals surface area contributed by atoms with E-state index in [1.807, 2.05) is 36.4 Å². The highest BCUT2D eigenvalue weighted by Crippen LogP contribution is 2.26. The highest BCUT2D eigenvalue weighted by Gasteiger charge is 2.10. The molecule has 4 rings (SSSR count). The molecule has 166 valence electrons. The highest BCUT2D eigenvalue weighted by molar-refractivity contribution is 5.98. The summed E-state index contributed by atoms with van der Waals surface area (Å²) in [5, 5.41) is 15.6. The van der Waals surface area contributed by atoms with E-state index >= 15 is 0 Å². The van der Waals surface area contributed by atoms with Crippen molar-refractivity contribution >= 4 is 39.9 Å². The van der Waals surface area contributed by atoms with E-state index in [-0.39, 0.29) is 12.3 Å². The van der Waals surface area contributed by atoms with E-state index in [9.17, 15) is 9.59 Å². The van der Waals surface area contributed by atoms with Crippen LogP contribution < -0.4 is 20.9 Å². The van der Waals surface area contributed by atoms with Gasteiger partial charge in [0, 0.05) is 22.3 Å². The van der Waals surface area contributed by atoms with Gasteiger partial charge in [0.05, 0.1) is 19.0 Å². The molecule has 3 aromatic carbocycles. The zero-order valence-corrected chi connectivity index (χ0v) is 17.7. The number of nitrogens with zero attached hydrogens (tertiary/aromatic N) is 2. The van der Waals surface area contributed by atoms with Gasteiger partial charge in [0.15, 0.2) is 0 Å². The third kappa shape index (κ3) is 5.23. The minimum absolute atomic E-state index is 0.126. The second-order valence-electron chi connectivity index (χ2n) is 7.17. The lowest BCUT2D eigenvalue weighted by molar-refractivity contribution is -0.115. The van der Waals surface area contributed by atoms with E-state index in [1.54, 1.807) is 42.9 Å². The molecule has 9 heteroatoms. The van der Waals surface area contributed by atoms with E-state index in [0.717, 1.165) is 27.9 Å². The fourth-order valence-corrected chi connectivity index (χ4v) is 3.27. The number of benzene rings is 3. The smallest absolute Gasteiger partial charge is 0.274 e. The number of hydroxylamine groups is 1. The van der Waals surface area contributed by atoms with E-state index < -0.39 is 5.91 Å². The van der Waals surface area contributed by atoms with Crippen molar-refractivity contribution in [3.05, 3.63) is 84.2 Å². The molecule has 0 aliphatic carbocycles. The number of hydrogen-bond acceptors (Lipinski definition) is 7. The molecule has 4 aromatic rings. The summed E-state index contributed by atoms with van der Waals surface area (Å²) in [6.07, 6.45) is 1.61. The number of amides is 2. The lowest BCUT2D eigenvalue weighted by Gasteiger charge is -2.11.